The topological polar surface area (TPSA) is 58.4 Å². The highest BCUT2D eigenvalue weighted by molar-refractivity contribution is 5.79. The molecule has 1 atom stereocenters. The van der Waals surface area contributed by atoms with Gasteiger partial charge in [0, 0.05) is 11.7 Å². The molecule has 1 rings (SSSR count). The molecule has 4 heteroatoms. The van der Waals surface area contributed by atoms with Crippen LogP contribution in [0.3, 0.4) is 0 Å². The largest absolute Gasteiger partial charge is 0.399 e. The molecule has 0 radical (unpaired) electrons. The lowest BCUT2D eigenvalue weighted by Crippen LogP contribution is -2.35. The summed E-state index contributed by atoms with van der Waals surface area (Å²) in [5.41, 5.74) is 7.33. The maximum Gasteiger partial charge on any atom is 0.224 e. The monoisotopic (exact) mass is 249 g/mol. The maximum absolute atomic E-state index is 11.8. The maximum atomic E-state index is 11.8. The summed E-state index contributed by atoms with van der Waals surface area (Å²) in [4.78, 5) is 13.9. The van der Waals surface area contributed by atoms with Crippen molar-refractivity contribution in [2.75, 3.05) is 26.4 Å². The van der Waals surface area contributed by atoms with E-state index in [0.29, 0.717) is 12.1 Å². The van der Waals surface area contributed by atoms with Crippen LogP contribution in [-0.4, -0.2) is 37.5 Å². The Kier molecular flexibility index (Phi) is 5.65. The van der Waals surface area contributed by atoms with E-state index in [9.17, 15) is 4.79 Å². The van der Waals surface area contributed by atoms with Gasteiger partial charge in [-0.15, -0.1) is 0 Å². The number of benzene rings is 1. The van der Waals surface area contributed by atoms with Crippen LogP contribution >= 0.6 is 0 Å². The van der Waals surface area contributed by atoms with Gasteiger partial charge in [0.05, 0.1) is 6.42 Å². The molecule has 0 aliphatic heterocycles. The molecular formula is C14H23N3O. The molecule has 0 aromatic heterocycles. The zero-order valence-electron chi connectivity index (χ0n) is 11.4. The van der Waals surface area contributed by atoms with Crippen molar-refractivity contribution < 1.29 is 4.79 Å². The van der Waals surface area contributed by atoms with Crippen LogP contribution in [0.4, 0.5) is 5.69 Å². The molecule has 0 aliphatic rings. The first-order chi connectivity index (χ1) is 8.47. The highest BCUT2D eigenvalue weighted by Crippen LogP contribution is 2.07. The number of nitrogens with one attached hydrogen (secondary N) is 1. The van der Waals surface area contributed by atoms with E-state index in [1.807, 2.05) is 45.3 Å². The standard InChI is InChI=1S/C14H23N3O/c1-11(7-8-17(2)3)16-14(18)10-12-5-4-6-13(15)9-12/h4-6,9,11H,7-8,10,15H2,1-3H3,(H,16,18). The number of amides is 1. The highest BCUT2D eigenvalue weighted by Gasteiger charge is 2.08. The number of hydrogen-bond acceptors (Lipinski definition) is 3. The fourth-order valence-electron chi connectivity index (χ4n) is 1.74. The van der Waals surface area contributed by atoms with Gasteiger partial charge in [-0.1, -0.05) is 12.1 Å². The average Bonchev–Trinajstić information content (AvgIpc) is 2.26. The molecule has 0 bridgehead atoms. The Balaban J connectivity index is 2.37. The fourth-order valence-corrected chi connectivity index (χ4v) is 1.74. The third-order valence-corrected chi connectivity index (χ3v) is 2.73. The summed E-state index contributed by atoms with van der Waals surface area (Å²) in [6.07, 6.45) is 1.34. The Morgan fingerprint density at radius 2 is 2.17 bits per heavy atom. The molecule has 1 aromatic carbocycles. The molecule has 1 aromatic rings. The van der Waals surface area contributed by atoms with Crippen molar-refractivity contribution in [3.8, 4) is 0 Å². The molecule has 0 saturated heterocycles. The van der Waals surface area contributed by atoms with Gasteiger partial charge >= 0.3 is 0 Å². The molecule has 4 nitrogen and oxygen atoms in total. The van der Waals surface area contributed by atoms with Crippen LogP contribution in [0.25, 0.3) is 0 Å². The minimum atomic E-state index is 0.0480. The smallest absolute Gasteiger partial charge is 0.224 e. The molecule has 0 fully saturated rings. The van der Waals surface area contributed by atoms with Crippen LogP contribution in [0, 0.1) is 0 Å². The molecule has 0 aliphatic carbocycles. The SMILES string of the molecule is CC(CCN(C)C)NC(=O)Cc1cccc(N)c1. The van der Waals surface area contributed by atoms with Crippen molar-refractivity contribution in [1.29, 1.82) is 0 Å². The first-order valence-corrected chi connectivity index (χ1v) is 6.26. The lowest BCUT2D eigenvalue weighted by Gasteiger charge is -2.16. The fraction of sp³-hybridized carbons (Fsp3) is 0.500. The predicted molar refractivity (Wildman–Crippen MR) is 75.3 cm³/mol. The van der Waals surface area contributed by atoms with E-state index in [0.717, 1.165) is 18.5 Å². The molecule has 0 spiro atoms. The summed E-state index contributed by atoms with van der Waals surface area (Å²) >= 11 is 0. The zero-order chi connectivity index (χ0) is 13.5. The van der Waals surface area contributed by atoms with Crippen molar-refractivity contribution in [3.05, 3.63) is 29.8 Å². The second-order valence-corrected chi connectivity index (χ2v) is 4.98. The third-order valence-electron chi connectivity index (χ3n) is 2.73. The van der Waals surface area contributed by atoms with Gasteiger partial charge in [0.15, 0.2) is 0 Å². The first kappa shape index (κ1) is 14.5. The second kappa shape index (κ2) is 7.01. The van der Waals surface area contributed by atoms with E-state index in [1.165, 1.54) is 0 Å². The van der Waals surface area contributed by atoms with E-state index >= 15 is 0 Å². The number of hydrogen-bond donors (Lipinski definition) is 2. The van der Waals surface area contributed by atoms with Gasteiger partial charge in [-0.2, -0.15) is 0 Å². The van der Waals surface area contributed by atoms with Crippen molar-refractivity contribution in [2.45, 2.75) is 25.8 Å². The van der Waals surface area contributed by atoms with Crippen molar-refractivity contribution >= 4 is 11.6 Å². The van der Waals surface area contributed by atoms with E-state index in [-0.39, 0.29) is 11.9 Å². The van der Waals surface area contributed by atoms with Crippen LogP contribution < -0.4 is 11.1 Å². The van der Waals surface area contributed by atoms with E-state index in [2.05, 4.69) is 10.2 Å². The number of carbonyl (C=O) groups excluding carboxylic acids is 1. The van der Waals surface area contributed by atoms with Crippen molar-refractivity contribution in [2.24, 2.45) is 0 Å². The number of anilines is 1. The van der Waals surface area contributed by atoms with Crippen molar-refractivity contribution in [3.63, 3.8) is 0 Å². The summed E-state index contributed by atoms with van der Waals surface area (Å²) in [6, 6.07) is 7.64. The molecule has 0 heterocycles. The number of nitrogens with two attached hydrogens (primary N) is 1. The lowest BCUT2D eigenvalue weighted by molar-refractivity contribution is -0.121. The predicted octanol–water partition coefficient (Wildman–Crippen LogP) is 1.27. The number of rotatable bonds is 6. The molecule has 18 heavy (non-hydrogen) atoms. The number of carbonyl (C=O) groups is 1. The van der Waals surface area contributed by atoms with Crippen LogP contribution in [-0.2, 0) is 11.2 Å². The van der Waals surface area contributed by atoms with Crippen LogP contribution in [0.2, 0.25) is 0 Å². The highest BCUT2D eigenvalue weighted by atomic mass is 16.1. The summed E-state index contributed by atoms with van der Waals surface area (Å²) in [5, 5.41) is 3.00. The van der Waals surface area contributed by atoms with Gasteiger partial charge in [-0.05, 0) is 51.7 Å². The molecular weight excluding hydrogens is 226 g/mol. The number of nitrogens with zero attached hydrogens (tertiary/aromatic N) is 1. The average molecular weight is 249 g/mol. The van der Waals surface area contributed by atoms with E-state index in [4.69, 9.17) is 5.73 Å². The molecule has 1 amide bonds. The van der Waals surface area contributed by atoms with Gasteiger partial charge in [0.25, 0.3) is 0 Å². The zero-order valence-corrected chi connectivity index (χ0v) is 11.4. The quantitative estimate of drug-likeness (QED) is 0.746. The van der Waals surface area contributed by atoms with Gasteiger partial charge in [0.1, 0.15) is 0 Å². The normalized spacial score (nSPS) is 12.4. The Morgan fingerprint density at radius 3 is 2.78 bits per heavy atom. The summed E-state index contributed by atoms with van der Waals surface area (Å²) < 4.78 is 0. The third kappa shape index (κ3) is 5.68. The van der Waals surface area contributed by atoms with Crippen LogP contribution in [0.1, 0.15) is 18.9 Å². The molecule has 0 saturated carbocycles. The molecule has 1 unspecified atom stereocenters. The molecule has 3 N–H and O–H groups in total. The Labute approximate surface area is 109 Å². The summed E-state index contributed by atoms with van der Waals surface area (Å²) in [7, 11) is 4.06. The van der Waals surface area contributed by atoms with Crippen LogP contribution in [0.15, 0.2) is 24.3 Å². The minimum absolute atomic E-state index is 0.0480. The molecule has 100 valence electrons. The van der Waals surface area contributed by atoms with Gasteiger partial charge < -0.3 is 16.0 Å². The van der Waals surface area contributed by atoms with E-state index < -0.39 is 0 Å². The Morgan fingerprint density at radius 1 is 1.44 bits per heavy atom. The minimum Gasteiger partial charge on any atom is -0.399 e. The van der Waals surface area contributed by atoms with Gasteiger partial charge in [0.2, 0.25) is 5.91 Å². The van der Waals surface area contributed by atoms with Gasteiger partial charge in [-0.25, -0.2) is 0 Å². The van der Waals surface area contributed by atoms with E-state index in [1.54, 1.807) is 0 Å². The van der Waals surface area contributed by atoms with Crippen molar-refractivity contribution in [1.82, 2.24) is 10.2 Å². The second-order valence-electron chi connectivity index (χ2n) is 4.98. The summed E-state index contributed by atoms with van der Waals surface area (Å²) in [6.45, 7) is 3.00. The van der Waals surface area contributed by atoms with Gasteiger partial charge in [-0.3, -0.25) is 4.79 Å². The Hall–Kier alpha value is -1.55. The number of nitrogen functional groups attached to an aromatic ring is 1. The lowest BCUT2D eigenvalue weighted by atomic mass is 10.1. The Bertz CT molecular complexity index is 390. The first-order valence-electron chi connectivity index (χ1n) is 6.26. The summed E-state index contributed by atoms with van der Waals surface area (Å²) in [5.74, 6) is 0.0480. The van der Waals surface area contributed by atoms with Crippen LogP contribution in [0.5, 0.6) is 0 Å².